The summed E-state index contributed by atoms with van der Waals surface area (Å²) in [5.74, 6) is -0.976. The first-order valence-electron chi connectivity index (χ1n) is 5.53. The Labute approximate surface area is 107 Å². The molecule has 0 atom stereocenters. The van der Waals surface area contributed by atoms with Crippen molar-refractivity contribution in [2.45, 2.75) is 26.6 Å². The van der Waals surface area contributed by atoms with Crippen LogP contribution in [0.2, 0.25) is 19.6 Å². The van der Waals surface area contributed by atoms with Gasteiger partial charge in [-0.05, 0) is 37.8 Å². The highest BCUT2D eigenvalue weighted by atomic mass is 28.4. The van der Waals surface area contributed by atoms with Crippen molar-refractivity contribution in [2.75, 3.05) is 5.32 Å². The van der Waals surface area contributed by atoms with E-state index in [0.29, 0.717) is 11.4 Å². The second-order valence-corrected chi connectivity index (χ2v) is 9.34. The lowest BCUT2D eigenvalue weighted by molar-refractivity contribution is -0.114. The van der Waals surface area contributed by atoms with Crippen molar-refractivity contribution in [3.05, 3.63) is 23.8 Å². The Hall–Kier alpha value is -1.82. The summed E-state index contributed by atoms with van der Waals surface area (Å²) >= 11 is 0. The van der Waals surface area contributed by atoms with E-state index in [1.165, 1.54) is 13.0 Å². The summed E-state index contributed by atoms with van der Waals surface area (Å²) in [5, 5.41) is 11.7. The van der Waals surface area contributed by atoms with Gasteiger partial charge >= 0.3 is 5.97 Å². The Morgan fingerprint density at radius 3 is 2.33 bits per heavy atom. The summed E-state index contributed by atoms with van der Waals surface area (Å²) in [6, 6.07) is 4.61. The lowest BCUT2D eigenvalue weighted by Gasteiger charge is -2.21. The van der Waals surface area contributed by atoms with Gasteiger partial charge in [0.2, 0.25) is 14.2 Å². The first kappa shape index (κ1) is 14.2. The monoisotopic (exact) mass is 267 g/mol. The molecule has 6 heteroatoms. The molecule has 0 unspecified atom stereocenters. The minimum absolute atomic E-state index is 0.0590. The molecule has 1 amide bonds. The number of rotatable bonds is 4. The summed E-state index contributed by atoms with van der Waals surface area (Å²) in [6.45, 7) is 7.29. The molecule has 0 bridgehead atoms. The van der Waals surface area contributed by atoms with E-state index >= 15 is 0 Å². The van der Waals surface area contributed by atoms with Gasteiger partial charge in [-0.15, -0.1) is 0 Å². The third-order valence-corrected chi connectivity index (χ3v) is 2.78. The first-order chi connectivity index (χ1) is 8.19. The molecule has 1 aromatic rings. The van der Waals surface area contributed by atoms with Crippen LogP contribution in [0.25, 0.3) is 0 Å². The van der Waals surface area contributed by atoms with Crippen LogP contribution in [0.1, 0.15) is 17.3 Å². The van der Waals surface area contributed by atoms with Crippen molar-refractivity contribution in [1.29, 1.82) is 0 Å². The van der Waals surface area contributed by atoms with E-state index in [1.807, 2.05) is 19.6 Å². The number of benzene rings is 1. The molecular weight excluding hydrogens is 250 g/mol. The third-order valence-electron chi connectivity index (χ3n) is 1.95. The topological polar surface area (TPSA) is 75.6 Å². The predicted octanol–water partition coefficient (Wildman–Crippen LogP) is 2.56. The van der Waals surface area contributed by atoms with Gasteiger partial charge in [0.25, 0.3) is 0 Å². The Bertz CT molecular complexity index is 479. The van der Waals surface area contributed by atoms with Crippen LogP contribution in [-0.4, -0.2) is 25.3 Å². The smallest absolute Gasteiger partial charge is 0.339 e. The van der Waals surface area contributed by atoms with Crippen LogP contribution < -0.4 is 9.74 Å². The molecular formula is C12H17NO4Si. The number of carboxylic acids is 1. The molecule has 0 spiro atoms. The summed E-state index contributed by atoms with van der Waals surface area (Å²) in [6.07, 6.45) is 0. The lowest BCUT2D eigenvalue weighted by atomic mass is 10.2. The van der Waals surface area contributed by atoms with Gasteiger partial charge in [-0.3, -0.25) is 4.79 Å². The van der Waals surface area contributed by atoms with Gasteiger partial charge in [0.05, 0.1) is 0 Å². The van der Waals surface area contributed by atoms with Crippen molar-refractivity contribution >= 4 is 25.9 Å². The van der Waals surface area contributed by atoms with Crippen LogP contribution in [0.3, 0.4) is 0 Å². The maximum absolute atomic E-state index is 11.2. The van der Waals surface area contributed by atoms with Crippen LogP contribution in [-0.2, 0) is 4.79 Å². The van der Waals surface area contributed by atoms with Crippen LogP contribution in [0.4, 0.5) is 5.69 Å². The normalized spacial score (nSPS) is 10.9. The molecule has 98 valence electrons. The largest absolute Gasteiger partial charge is 0.544 e. The van der Waals surface area contributed by atoms with Crippen LogP contribution in [0, 0.1) is 0 Å². The number of aromatic carboxylic acids is 1. The Balaban J connectivity index is 3.12. The third kappa shape index (κ3) is 4.21. The number of carbonyl (C=O) groups is 2. The number of carbonyl (C=O) groups excluding carboxylic acids is 1. The highest BCUT2D eigenvalue weighted by molar-refractivity contribution is 6.70. The molecule has 5 nitrogen and oxygen atoms in total. The molecule has 0 radical (unpaired) electrons. The molecule has 2 N–H and O–H groups in total. The standard InChI is InChI=1S/C12H17NO4Si/c1-8(14)13-9-5-6-11(17-18(2,3)4)10(7-9)12(15)16/h5-7H,1-4H3,(H,13,14)(H,15,16). The van der Waals surface area contributed by atoms with Gasteiger partial charge in [-0.1, -0.05) is 0 Å². The lowest BCUT2D eigenvalue weighted by Crippen LogP contribution is -2.30. The molecule has 0 aliphatic heterocycles. The van der Waals surface area contributed by atoms with Gasteiger partial charge in [-0.2, -0.15) is 0 Å². The van der Waals surface area contributed by atoms with E-state index in [-0.39, 0.29) is 11.5 Å². The first-order valence-corrected chi connectivity index (χ1v) is 8.94. The number of amides is 1. The van der Waals surface area contributed by atoms with Crippen molar-refractivity contribution in [2.24, 2.45) is 0 Å². The molecule has 1 rings (SSSR count). The number of carboxylic acid groups (broad SMARTS) is 1. The van der Waals surface area contributed by atoms with Gasteiger partial charge in [-0.25, -0.2) is 4.79 Å². The number of nitrogens with one attached hydrogen (secondary N) is 1. The minimum atomic E-state index is -1.88. The molecule has 0 heterocycles. The zero-order chi connectivity index (χ0) is 13.9. The molecule has 0 saturated heterocycles. The van der Waals surface area contributed by atoms with Crippen molar-refractivity contribution in [3.63, 3.8) is 0 Å². The Kier molecular flexibility index (Phi) is 4.13. The fraction of sp³-hybridized carbons (Fsp3) is 0.333. The SMILES string of the molecule is CC(=O)Nc1ccc(O[Si](C)(C)C)c(C(=O)O)c1. The summed E-state index contributed by atoms with van der Waals surface area (Å²) in [4.78, 5) is 22.1. The number of hydrogen-bond donors (Lipinski definition) is 2. The minimum Gasteiger partial charge on any atom is -0.544 e. The summed E-state index contributed by atoms with van der Waals surface area (Å²) in [7, 11) is -1.88. The summed E-state index contributed by atoms with van der Waals surface area (Å²) < 4.78 is 5.70. The van der Waals surface area contributed by atoms with Gasteiger partial charge in [0.15, 0.2) is 0 Å². The predicted molar refractivity (Wildman–Crippen MR) is 71.7 cm³/mol. The van der Waals surface area contributed by atoms with E-state index in [9.17, 15) is 9.59 Å². The molecule has 0 fully saturated rings. The quantitative estimate of drug-likeness (QED) is 0.822. The average molecular weight is 267 g/mol. The zero-order valence-corrected chi connectivity index (χ0v) is 11.9. The van der Waals surface area contributed by atoms with Crippen LogP contribution in [0.5, 0.6) is 5.75 Å². The molecule has 0 aliphatic rings. The molecule has 0 aromatic heterocycles. The average Bonchev–Trinajstić information content (AvgIpc) is 2.17. The molecule has 1 aromatic carbocycles. The molecule has 18 heavy (non-hydrogen) atoms. The van der Waals surface area contributed by atoms with Crippen molar-refractivity contribution < 1.29 is 19.1 Å². The number of hydrogen-bond acceptors (Lipinski definition) is 3. The fourth-order valence-corrected chi connectivity index (χ4v) is 2.23. The maximum Gasteiger partial charge on any atom is 0.339 e. The molecule has 0 saturated carbocycles. The van der Waals surface area contributed by atoms with E-state index in [0.717, 1.165) is 0 Å². The Morgan fingerprint density at radius 1 is 1.28 bits per heavy atom. The van der Waals surface area contributed by atoms with Crippen LogP contribution in [0.15, 0.2) is 18.2 Å². The van der Waals surface area contributed by atoms with E-state index < -0.39 is 14.3 Å². The Morgan fingerprint density at radius 2 is 1.89 bits per heavy atom. The second-order valence-electron chi connectivity index (χ2n) is 4.91. The number of anilines is 1. The maximum atomic E-state index is 11.2. The van der Waals surface area contributed by atoms with Gasteiger partial charge < -0.3 is 14.8 Å². The van der Waals surface area contributed by atoms with E-state index in [2.05, 4.69) is 5.32 Å². The van der Waals surface area contributed by atoms with E-state index in [1.54, 1.807) is 12.1 Å². The van der Waals surface area contributed by atoms with Crippen molar-refractivity contribution in [3.8, 4) is 5.75 Å². The highest BCUT2D eigenvalue weighted by Crippen LogP contribution is 2.25. The zero-order valence-electron chi connectivity index (χ0n) is 10.9. The highest BCUT2D eigenvalue weighted by Gasteiger charge is 2.21. The fourth-order valence-electron chi connectivity index (χ4n) is 1.40. The second kappa shape index (κ2) is 5.22. The van der Waals surface area contributed by atoms with Crippen molar-refractivity contribution in [1.82, 2.24) is 0 Å². The summed E-state index contributed by atoms with van der Waals surface area (Å²) in [5.41, 5.74) is 0.506. The van der Waals surface area contributed by atoms with Gasteiger partial charge in [0.1, 0.15) is 11.3 Å². The molecule has 0 aliphatic carbocycles. The van der Waals surface area contributed by atoms with E-state index in [4.69, 9.17) is 9.53 Å². The van der Waals surface area contributed by atoms with Gasteiger partial charge in [0, 0.05) is 12.6 Å². The van der Waals surface area contributed by atoms with Crippen LogP contribution >= 0.6 is 0 Å².